The van der Waals surface area contributed by atoms with E-state index in [-0.39, 0.29) is 5.91 Å². The van der Waals surface area contributed by atoms with E-state index in [4.69, 9.17) is 0 Å². The minimum Gasteiger partial charge on any atom is -0.370 e. The first kappa shape index (κ1) is 29.8. The molecule has 0 saturated carbocycles. The second-order valence-electron chi connectivity index (χ2n) is 10.1. The first-order chi connectivity index (χ1) is 16.3. The van der Waals surface area contributed by atoms with Gasteiger partial charge in [-0.15, -0.1) is 0 Å². The van der Waals surface area contributed by atoms with Gasteiger partial charge in [-0.3, -0.25) is 4.79 Å². The molecule has 1 aliphatic heterocycles. The molecule has 1 aliphatic rings. The van der Waals surface area contributed by atoms with Crippen molar-refractivity contribution < 1.29 is 4.79 Å². The van der Waals surface area contributed by atoms with Gasteiger partial charge in [-0.25, -0.2) is 0 Å². The lowest BCUT2D eigenvalue weighted by atomic mass is 10.1. The Bertz CT molecular complexity index is 466. The van der Waals surface area contributed by atoms with Crippen LogP contribution in [-0.2, 0) is 4.79 Å². The van der Waals surface area contributed by atoms with Crippen molar-refractivity contribution in [3.05, 3.63) is 12.4 Å². The van der Waals surface area contributed by atoms with E-state index in [1.807, 2.05) is 0 Å². The van der Waals surface area contributed by atoms with Gasteiger partial charge in [-0.1, -0.05) is 123 Å². The van der Waals surface area contributed by atoms with Crippen LogP contribution in [0.2, 0.25) is 0 Å². The maximum absolute atomic E-state index is 12.1. The van der Waals surface area contributed by atoms with E-state index in [2.05, 4.69) is 41.8 Å². The number of nitrogens with zero attached hydrogens (tertiary/aromatic N) is 1. The summed E-state index contributed by atoms with van der Waals surface area (Å²) in [4.78, 5) is 14.5. The zero-order chi connectivity index (χ0) is 23.8. The third-order valence-electron chi connectivity index (χ3n) is 6.99. The number of rotatable bonds is 24. The monoisotopic (exact) mass is 463 g/mol. The van der Waals surface area contributed by atoms with Gasteiger partial charge in [0.25, 0.3) is 0 Å². The van der Waals surface area contributed by atoms with Gasteiger partial charge in [0, 0.05) is 31.9 Å². The standard InChI is InChI=1S/C29H57N3O/c1-3-5-7-9-11-13-15-16-18-20-22-28-30-24-26-32(28)27-25-31-29(33)23-21-19-17-14-12-10-8-6-4-2/h24,26,28,30H,3-23,25,27H2,1-2H3,(H,31,33). The fraction of sp³-hybridized carbons (Fsp3) is 0.897. The van der Waals surface area contributed by atoms with Crippen LogP contribution in [0.1, 0.15) is 149 Å². The smallest absolute Gasteiger partial charge is 0.220 e. The number of carbonyl (C=O) groups is 1. The Morgan fingerprint density at radius 1 is 0.727 bits per heavy atom. The summed E-state index contributed by atoms with van der Waals surface area (Å²) in [5.41, 5.74) is 0. The third kappa shape index (κ3) is 17.9. The van der Waals surface area contributed by atoms with E-state index in [0.29, 0.717) is 12.6 Å². The molecule has 0 aromatic carbocycles. The SMILES string of the molecule is CCCCCCCCCCCCC1NC=CN1CCNC(=O)CCCCCCCCCCC. The molecule has 4 heteroatoms. The Balaban J connectivity index is 1.92. The molecular weight excluding hydrogens is 406 g/mol. The van der Waals surface area contributed by atoms with E-state index in [9.17, 15) is 4.79 Å². The van der Waals surface area contributed by atoms with Crippen LogP contribution in [0.25, 0.3) is 0 Å². The number of nitrogens with one attached hydrogen (secondary N) is 2. The molecule has 0 saturated heterocycles. The van der Waals surface area contributed by atoms with Gasteiger partial charge in [0.2, 0.25) is 5.91 Å². The van der Waals surface area contributed by atoms with Gasteiger partial charge < -0.3 is 15.5 Å². The normalized spacial score (nSPS) is 15.2. The van der Waals surface area contributed by atoms with Crippen LogP contribution < -0.4 is 10.6 Å². The molecule has 1 heterocycles. The van der Waals surface area contributed by atoms with Crippen molar-refractivity contribution in [3.8, 4) is 0 Å². The van der Waals surface area contributed by atoms with Crippen molar-refractivity contribution in [3.63, 3.8) is 0 Å². The summed E-state index contributed by atoms with van der Waals surface area (Å²) < 4.78 is 0. The second-order valence-corrected chi connectivity index (χ2v) is 10.1. The zero-order valence-electron chi connectivity index (χ0n) is 22.4. The van der Waals surface area contributed by atoms with E-state index in [1.165, 1.54) is 122 Å². The van der Waals surface area contributed by atoms with Crippen LogP contribution in [0.15, 0.2) is 12.4 Å². The Morgan fingerprint density at radius 2 is 1.21 bits per heavy atom. The van der Waals surface area contributed by atoms with Gasteiger partial charge in [0.1, 0.15) is 0 Å². The number of hydrogen-bond donors (Lipinski definition) is 2. The van der Waals surface area contributed by atoms with Gasteiger partial charge >= 0.3 is 0 Å². The van der Waals surface area contributed by atoms with Crippen LogP contribution >= 0.6 is 0 Å². The van der Waals surface area contributed by atoms with Gasteiger partial charge in [0.05, 0.1) is 6.17 Å². The Hall–Kier alpha value is -1.19. The van der Waals surface area contributed by atoms with E-state index >= 15 is 0 Å². The summed E-state index contributed by atoms with van der Waals surface area (Å²) in [6.45, 7) is 6.19. The minimum atomic E-state index is 0.223. The van der Waals surface area contributed by atoms with E-state index in [1.54, 1.807) is 0 Å². The quantitative estimate of drug-likeness (QED) is 0.142. The van der Waals surface area contributed by atoms with Crippen molar-refractivity contribution in [2.75, 3.05) is 13.1 Å². The van der Waals surface area contributed by atoms with Gasteiger partial charge in [-0.05, 0) is 19.3 Å². The Kier molecular flexibility index (Phi) is 20.4. The number of unbranched alkanes of at least 4 members (excludes halogenated alkanes) is 17. The fourth-order valence-corrected chi connectivity index (χ4v) is 4.76. The average molecular weight is 464 g/mol. The lowest BCUT2D eigenvalue weighted by Gasteiger charge is -2.25. The minimum absolute atomic E-state index is 0.223. The van der Waals surface area contributed by atoms with Crippen LogP contribution in [0.5, 0.6) is 0 Å². The van der Waals surface area contributed by atoms with Gasteiger partial charge in [0.15, 0.2) is 0 Å². The number of carbonyl (C=O) groups excluding carboxylic acids is 1. The maximum atomic E-state index is 12.1. The number of amides is 1. The topological polar surface area (TPSA) is 44.4 Å². The lowest BCUT2D eigenvalue weighted by molar-refractivity contribution is -0.121. The third-order valence-corrected chi connectivity index (χ3v) is 6.99. The summed E-state index contributed by atoms with van der Waals surface area (Å²) >= 11 is 0. The highest BCUT2D eigenvalue weighted by molar-refractivity contribution is 5.75. The molecule has 1 rings (SSSR count). The summed E-state index contributed by atoms with van der Waals surface area (Å²) in [6.07, 6.45) is 32.0. The first-order valence-electron chi connectivity index (χ1n) is 14.7. The van der Waals surface area contributed by atoms with Crippen LogP contribution in [0, 0.1) is 0 Å². The van der Waals surface area contributed by atoms with E-state index in [0.717, 1.165) is 19.5 Å². The van der Waals surface area contributed by atoms with Crippen LogP contribution in [-0.4, -0.2) is 30.1 Å². The molecule has 1 amide bonds. The predicted octanol–water partition coefficient (Wildman–Crippen LogP) is 8.04. The molecule has 0 aliphatic carbocycles. The van der Waals surface area contributed by atoms with Crippen molar-refractivity contribution in [1.29, 1.82) is 0 Å². The molecule has 0 radical (unpaired) electrons. The fourth-order valence-electron chi connectivity index (χ4n) is 4.76. The number of hydrogen-bond acceptors (Lipinski definition) is 3. The highest BCUT2D eigenvalue weighted by atomic mass is 16.1. The van der Waals surface area contributed by atoms with Gasteiger partial charge in [-0.2, -0.15) is 0 Å². The highest BCUT2D eigenvalue weighted by Crippen LogP contribution is 2.15. The van der Waals surface area contributed by atoms with Crippen molar-refractivity contribution in [1.82, 2.24) is 15.5 Å². The summed E-state index contributed by atoms with van der Waals surface area (Å²) in [6, 6.07) is 0. The summed E-state index contributed by atoms with van der Waals surface area (Å²) in [5, 5.41) is 6.60. The average Bonchev–Trinajstić information content (AvgIpc) is 3.26. The molecular formula is C29H57N3O. The molecule has 0 bridgehead atoms. The zero-order valence-corrected chi connectivity index (χ0v) is 22.4. The van der Waals surface area contributed by atoms with E-state index < -0.39 is 0 Å². The molecule has 33 heavy (non-hydrogen) atoms. The molecule has 1 atom stereocenters. The van der Waals surface area contributed by atoms with Crippen molar-refractivity contribution in [2.45, 2.75) is 155 Å². The molecule has 194 valence electrons. The maximum Gasteiger partial charge on any atom is 0.220 e. The molecule has 0 fully saturated rings. The predicted molar refractivity (Wildman–Crippen MR) is 144 cm³/mol. The lowest BCUT2D eigenvalue weighted by Crippen LogP contribution is -2.40. The van der Waals surface area contributed by atoms with Crippen LogP contribution in [0.4, 0.5) is 0 Å². The molecule has 0 aromatic heterocycles. The summed E-state index contributed by atoms with van der Waals surface area (Å²) in [7, 11) is 0. The molecule has 0 spiro atoms. The summed E-state index contributed by atoms with van der Waals surface area (Å²) in [5.74, 6) is 0.223. The van der Waals surface area contributed by atoms with Crippen LogP contribution in [0.3, 0.4) is 0 Å². The Labute approximate surface area is 206 Å². The first-order valence-corrected chi connectivity index (χ1v) is 14.7. The van der Waals surface area contributed by atoms with Crippen molar-refractivity contribution >= 4 is 5.91 Å². The molecule has 0 aromatic rings. The molecule has 1 unspecified atom stereocenters. The molecule has 2 N–H and O–H groups in total. The van der Waals surface area contributed by atoms with Crippen molar-refractivity contribution in [2.24, 2.45) is 0 Å². The second kappa shape index (κ2) is 22.6. The Morgan fingerprint density at radius 3 is 1.76 bits per heavy atom. The highest BCUT2D eigenvalue weighted by Gasteiger charge is 2.17. The largest absolute Gasteiger partial charge is 0.370 e. The molecule has 4 nitrogen and oxygen atoms in total.